The third kappa shape index (κ3) is 6.65. The van der Waals surface area contributed by atoms with Gasteiger partial charge in [0, 0.05) is 6.61 Å². The molecule has 0 amide bonds. The number of benzene rings is 1. The molecule has 1 aromatic carbocycles. The molecule has 0 spiro atoms. The maximum Gasteiger partial charge on any atom is 0.119 e. The Morgan fingerprint density at radius 2 is 1.78 bits per heavy atom. The molecule has 0 bridgehead atoms. The van der Waals surface area contributed by atoms with Crippen LogP contribution in [-0.2, 0) is 11.3 Å². The first-order valence-corrected chi connectivity index (χ1v) is 6.85. The van der Waals surface area contributed by atoms with Gasteiger partial charge in [0.25, 0.3) is 0 Å². The molecule has 0 aliphatic carbocycles. The van der Waals surface area contributed by atoms with E-state index in [-0.39, 0.29) is 6.10 Å². The molecule has 0 N–H and O–H groups in total. The van der Waals surface area contributed by atoms with Crippen molar-refractivity contribution in [2.24, 2.45) is 0 Å². The lowest BCUT2D eigenvalue weighted by Crippen LogP contribution is -2.05. The highest BCUT2D eigenvalue weighted by molar-refractivity contribution is 5.26. The van der Waals surface area contributed by atoms with Crippen molar-refractivity contribution in [3.8, 4) is 5.75 Å². The molecule has 101 valence electrons. The zero-order chi connectivity index (χ0) is 13.2. The minimum absolute atomic E-state index is 0.222. The largest absolute Gasteiger partial charge is 0.491 e. The molecule has 0 atom stereocenters. The van der Waals surface area contributed by atoms with Gasteiger partial charge in [-0.25, -0.2) is 0 Å². The van der Waals surface area contributed by atoms with Gasteiger partial charge >= 0.3 is 0 Å². The summed E-state index contributed by atoms with van der Waals surface area (Å²) in [6, 6.07) is 8.13. The van der Waals surface area contributed by atoms with Gasteiger partial charge in [0.1, 0.15) is 5.75 Å². The van der Waals surface area contributed by atoms with Gasteiger partial charge in [-0.3, -0.25) is 0 Å². The van der Waals surface area contributed by atoms with Crippen LogP contribution in [0.3, 0.4) is 0 Å². The Hall–Kier alpha value is -1.02. The standard InChI is InChI=1S/C16H25O2/c1-4-5-6-7-12-17-13-15-8-10-16(11-9-15)18-14(2)3/h8-11,14H,1,4-7,12-13H2,2-3H3. The zero-order valence-electron chi connectivity index (χ0n) is 11.7. The summed E-state index contributed by atoms with van der Waals surface area (Å²) in [7, 11) is 0. The molecule has 1 aromatic rings. The van der Waals surface area contributed by atoms with E-state index in [9.17, 15) is 0 Å². The Kier molecular flexibility index (Phi) is 7.51. The van der Waals surface area contributed by atoms with Gasteiger partial charge in [0.05, 0.1) is 12.7 Å². The van der Waals surface area contributed by atoms with Gasteiger partial charge in [-0.05, 0) is 38.0 Å². The Balaban J connectivity index is 2.18. The van der Waals surface area contributed by atoms with E-state index in [2.05, 4.69) is 19.1 Å². The van der Waals surface area contributed by atoms with Crippen molar-refractivity contribution >= 4 is 0 Å². The number of rotatable bonds is 9. The SMILES string of the molecule is [CH2]CCCCCOCc1ccc(OC(C)C)cc1. The van der Waals surface area contributed by atoms with Gasteiger partial charge in [-0.15, -0.1) is 0 Å². The van der Waals surface area contributed by atoms with Gasteiger partial charge in [0.15, 0.2) is 0 Å². The second kappa shape index (κ2) is 8.98. The van der Waals surface area contributed by atoms with E-state index >= 15 is 0 Å². The summed E-state index contributed by atoms with van der Waals surface area (Å²) in [5.74, 6) is 0.921. The van der Waals surface area contributed by atoms with Crippen LogP contribution < -0.4 is 4.74 Å². The van der Waals surface area contributed by atoms with Gasteiger partial charge in [0.2, 0.25) is 0 Å². The van der Waals surface area contributed by atoms with Crippen molar-refractivity contribution in [2.45, 2.75) is 52.2 Å². The molecule has 0 aromatic heterocycles. The fourth-order valence-corrected chi connectivity index (χ4v) is 1.68. The van der Waals surface area contributed by atoms with Crippen LogP contribution in [0.1, 0.15) is 45.1 Å². The van der Waals surface area contributed by atoms with Crippen LogP contribution in [0, 0.1) is 6.92 Å². The summed E-state index contributed by atoms with van der Waals surface area (Å²) in [6.07, 6.45) is 4.79. The molecule has 18 heavy (non-hydrogen) atoms. The molecule has 0 fully saturated rings. The summed E-state index contributed by atoms with van der Waals surface area (Å²) >= 11 is 0. The molecule has 1 radical (unpaired) electrons. The lowest BCUT2D eigenvalue weighted by atomic mass is 10.2. The molecule has 1 rings (SSSR count). The monoisotopic (exact) mass is 249 g/mol. The normalized spacial score (nSPS) is 10.9. The quantitative estimate of drug-likeness (QED) is 0.604. The average Bonchev–Trinajstić information content (AvgIpc) is 2.35. The Labute approximate surface area is 111 Å². The summed E-state index contributed by atoms with van der Waals surface area (Å²) < 4.78 is 11.2. The summed E-state index contributed by atoms with van der Waals surface area (Å²) in [4.78, 5) is 0. The van der Waals surface area contributed by atoms with Crippen LogP contribution in [0.5, 0.6) is 5.75 Å². The van der Waals surface area contributed by atoms with Crippen molar-refractivity contribution < 1.29 is 9.47 Å². The predicted octanol–water partition coefficient (Wildman–Crippen LogP) is 4.38. The van der Waals surface area contributed by atoms with Crippen molar-refractivity contribution in [2.75, 3.05) is 6.61 Å². The molecule has 2 nitrogen and oxygen atoms in total. The third-order valence-electron chi connectivity index (χ3n) is 2.60. The first-order valence-electron chi connectivity index (χ1n) is 6.85. The van der Waals surface area contributed by atoms with Crippen LogP contribution >= 0.6 is 0 Å². The summed E-state index contributed by atoms with van der Waals surface area (Å²) in [5, 5.41) is 0. The lowest BCUT2D eigenvalue weighted by molar-refractivity contribution is 0.117. The molecule has 0 aliphatic heterocycles. The van der Waals surface area contributed by atoms with Gasteiger partial charge in [-0.2, -0.15) is 0 Å². The first kappa shape index (κ1) is 15.0. The van der Waals surface area contributed by atoms with E-state index in [0.29, 0.717) is 6.61 Å². The second-order valence-electron chi connectivity index (χ2n) is 4.78. The van der Waals surface area contributed by atoms with Crippen molar-refractivity contribution in [3.63, 3.8) is 0 Å². The van der Waals surface area contributed by atoms with Gasteiger partial charge < -0.3 is 9.47 Å². The van der Waals surface area contributed by atoms with Crippen molar-refractivity contribution in [3.05, 3.63) is 36.8 Å². The minimum Gasteiger partial charge on any atom is -0.491 e. The smallest absolute Gasteiger partial charge is 0.119 e. The van der Waals surface area contributed by atoms with E-state index in [1.165, 1.54) is 18.4 Å². The predicted molar refractivity (Wildman–Crippen MR) is 75.7 cm³/mol. The first-order chi connectivity index (χ1) is 8.72. The van der Waals surface area contributed by atoms with Crippen LogP contribution in [0.25, 0.3) is 0 Å². The van der Waals surface area contributed by atoms with Crippen molar-refractivity contribution in [1.29, 1.82) is 0 Å². The van der Waals surface area contributed by atoms with Crippen LogP contribution in [0.15, 0.2) is 24.3 Å². The van der Waals surface area contributed by atoms with Crippen LogP contribution in [0.2, 0.25) is 0 Å². The maximum atomic E-state index is 5.63. The average molecular weight is 249 g/mol. The van der Waals surface area contributed by atoms with Crippen molar-refractivity contribution in [1.82, 2.24) is 0 Å². The van der Waals surface area contributed by atoms with E-state index in [1.807, 2.05) is 26.0 Å². The van der Waals surface area contributed by atoms with Gasteiger partial charge in [-0.1, -0.05) is 38.3 Å². The van der Waals surface area contributed by atoms with Crippen LogP contribution in [0.4, 0.5) is 0 Å². The molecule has 0 saturated carbocycles. The molecular formula is C16H25O2. The fourth-order valence-electron chi connectivity index (χ4n) is 1.68. The molecular weight excluding hydrogens is 224 g/mol. The second-order valence-corrected chi connectivity index (χ2v) is 4.78. The summed E-state index contributed by atoms with van der Waals surface area (Å²) in [6.45, 7) is 9.41. The lowest BCUT2D eigenvalue weighted by Gasteiger charge is -2.10. The molecule has 2 heteroatoms. The number of ether oxygens (including phenoxy) is 2. The Bertz CT molecular complexity index is 303. The van der Waals surface area contributed by atoms with Crippen LogP contribution in [-0.4, -0.2) is 12.7 Å². The molecule has 0 unspecified atom stereocenters. The van der Waals surface area contributed by atoms with E-state index in [1.54, 1.807) is 0 Å². The number of unbranched alkanes of at least 4 members (excludes halogenated alkanes) is 3. The Morgan fingerprint density at radius 1 is 1.06 bits per heavy atom. The highest BCUT2D eigenvalue weighted by Crippen LogP contribution is 2.14. The fraction of sp³-hybridized carbons (Fsp3) is 0.562. The highest BCUT2D eigenvalue weighted by atomic mass is 16.5. The molecule has 0 saturated heterocycles. The minimum atomic E-state index is 0.222. The Morgan fingerprint density at radius 3 is 2.39 bits per heavy atom. The maximum absolute atomic E-state index is 5.63. The number of hydrogen-bond acceptors (Lipinski definition) is 2. The van der Waals surface area contributed by atoms with E-state index < -0.39 is 0 Å². The zero-order valence-corrected chi connectivity index (χ0v) is 11.7. The number of hydrogen-bond donors (Lipinski definition) is 0. The molecule has 0 aliphatic rings. The van der Waals surface area contributed by atoms with E-state index in [4.69, 9.17) is 9.47 Å². The summed E-state index contributed by atoms with van der Waals surface area (Å²) in [5.41, 5.74) is 1.20. The molecule has 0 heterocycles. The topological polar surface area (TPSA) is 18.5 Å². The van der Waals surface area contributed by atoms with E-state index in [0.717, 1.165) is 25.2 Å². The highest BCUT2D eigenvalue weighted by Gasteiger charge is 1.98. The third-order valence-corrected chi connectivity index (χ3v) is 2.60.